The second kappa shape index (κ2) is 5.50. The van der Waals surface area contributed by atoms with Crippen molar-refractivity contribution >= 4 is 40.5 Å². The highest BCUT2D eigenvalue weighted by atomic mass is 35.5. The zero-order chi connectivity index (χ0) is 16.1. The molecule has 3 nitrogen and oxygen atoms in total. The Labute approximate surface area is 145 Å². The molecule has 1 aromatic carbocycles. The molecule has 2 atom stereocenters. The molecule has 0 radical (unpaired) electrons. The zero-order valence-electron chi connectivity index (χ0n) is 12.7. The summed E-state index contributed by atoms with van der Waals surface area (Å²) >= 11 is 12.1. The van der Waals surface area contributed by atoms with Gasteiger partial charge in [-0.1, -0.05) is 23.2 Å². The number of aromatic nitrogens is 1. The van der Waals surface area contributed by atoms with Gasteiger partial charge in [0.25, 0.3) is 0 Å². The average molecular weight is 347 g/mol. The van der Waals surface area contributed by atoms with E-state index in [-0.39, 0.29) is 5.78 Å². The van der Waals surface area contributed by atoms with Crippen LogP contribution >= 0.6 is 23.2 Å². The Bertz CT molecular complexity index is 819. The Kier molecular flexibility index (Phi) is 3.58. The molecule has 1 N–H and O–H groups in total. The molecule has 2 unspecified atom stereocenters. The largest absolute Gasteiger partial charge is 0.340 e. The number of hydrogen-bond donors (Lipinski definition) is 1. The molecule has 0 spiro atoms. The number of halogens is 2. The molecule has 0 aliphatic heterocycles. The molecule has 2 bridgehead atoms. The Morgan fingerprint density at radius 1 is 1.17 bits per heavy atom. The van der Waals surface area contributed by atoms with Gasteiger partial charge in [-0.05, 0) is 61.8 Å². The lowest BCUT2D eigenvalue weighted by molar-refractivity contribution is 0.101. The zero-order valence-corrected chi connectivity index (χ0v) is 14.2. The normalized spacial score (nSPS) is 21.3. The number of anilines is 2. The van der Waals surface area contributed by atoms with Crippen molar-refractivity contribution < 1.29 is 4.79 Å². The van der Waals surface area contributed by atoms with E-state index in [0.29, 0.717) is 21.9 Å². The third-order valence-corrected chi connectivity index (χ3v) is 5.71. The van der Waals surface area contributed by atoms with Gasteiger partial charge < -0.3 is 5.32 Å². The molecule has 5 heteroatoms. The van der Waals surface area contributed by atoms with Crippen LogP contribution in [0.5, 0.6) is 0 Å². The minimum atomic E-state index is 0.0994. The molecular weight excluding hydrogens is 331 g/mol. The summed E-state index contributed by atoms with van der Waals surface area (Å²) in [5, 5.41) is 4.40. The topological polar surface area (TPSA) is 42.0 Å². The van der Waals surface area contributed by atoms with Crippen LogP contribution in [0.2, 0.25) is 10.0 Å². The molecule has 2 aliphatic carbocycles. The van der Waals surface area contributed by atoms with Gasteiger partial charge in [0, 0.05) is 23.0 Å². The Hall–Kier alpha value is -1.58. The number of rotatable bonds is 3. The lowest BCUT2D eigenvalue weighted by Gasteiger charge is -2.21. The predicted molar refractivity (Wildman–Crippen MR) is 93.3 cm³/mol. The molecule has 2 aromatic rings. The fraction of sp³-hybridized carbons (Fsp3) is 0.333. The van der Waals surface area contributed by atoms with Crippen LogP contribution in [0.3, 0.4) is 0 Å². The van der Waals surface area contributed by atoms with Crippen LogP contribution in [0.15, 0.2) is 24.4 Å². The van der Waals surface area contributed by atoms with E-state index in [9.17, 15) is 4.79 Å². The van der Waals surface area contributed by atoms with E-state index in [1.165, 1.54) is 24.0 Å². The maximum atomic E-state index is 11.9. The van der Waals surface area contributed by atoms with Crippen LogP contribution in [-0.4, -0.2) is 10.8 Å². The number of hydrogen-bond acceptors (Lipinski definition) is 3. The van der Waals surface area contributed by atoms with Crippen LogP contribution in [0.1, 0.15) is 59.5 Å². The van der Waals surface area contributed by atoms with Gasteiger partial charge in [0.15, 0.2) is 5.78 Å². The second-order valence-corrected chi connectivity index (χ2v) is 7.18. The lowest BCUT2D eigenvalue weighted by atomic mass is 9.88. The van der Waals surface area contributed by atoms with Gasteiger partial charge in [0.05, 0.1) is 10.0 Å². The molecule has 1 heterocycles. The van der Waals surface area contributed by atoms with E-state index in [2.05, 4.69) is 10.3 Å². The minimum absolute atomic E-state index is 0.0994. The van der Waals surface area contributed by atoms with Crippen molar-refractivity contribution in [3.63, 3.8) is 0 Å². The molecule has 23 heavy (non-hydrogen) atoms. The smallest absolute Gasteiger partial charge is 0.161 e. The molecule has 2 aliphatic rings. The van der Waals surface area contributed by atoms with Gasteiger partial charge in [0.2, 0.25) is 0 Å². The van der Waals surface area contributed by atoms with Gasteiger partial charge in [-0.2, -0.15) is 0 Å². The summed E-state index contributed by atoms with van der Waals surface area (Å²) in [6.45, 7) is 1.62. The fourth-order valence-electron chi connectivity index (χ4n) is 3.99. The standard InChI is InChI=1S/C18H16Cl2N2O/c1-9(23)13-8-21-18(17-11-3-2-10(6-11)16(13)17)22-12-4-5-14(19)15(20)7-12/h4-5,7-8,10-11H,2-3,6H2,1H3,(H,21,22). The van der Waals surface area contributed by atoms with Crippen LogP contribution in [0, 0.1) is 0 Å². The van der Waals surface area contributed by atoms with Gasteiger partial charge >= 0.3 is 0 Å². The second-order valence-electron chi connectivity index (χ2n) is 6.36. The van der Waals surface area contributed by atoms with Crippen molar-refractivity contribution in [2.24, 2.45) is 0 Å². The van der Waals surface area contributed by atoms with Crippen molar-refractivity contribution in [3.05, 3.63) is 51.1 Å². The Morgan fingerprint density at radius 3 is 2.61 bits per heavy atom. The molecular formula is C18H16Cl2N2O. The molecule has 0 amide bonds. The van der Waals surface area contributed by atoms with Gasteiger partial charge in [-0.25, -0.2) is 4.98 Å². The summed E-state index contributed by atoms with van der Waals surface area (Å²) in [6, 6.07) is 5.45. The summed E-state index contributed by atoms with van der Waals surface area (Å²) < 4.78 is 0. The Balaban J connectivity index is 1.78. The number of carbonyl (C=O) groups excluding carboxylic acids is 1. The average Bonchev–Trinajstić information content (AvgIpc) is 3.13. The van der Waals surface area contributed by atoms with Crippen LogP contribution < -0.4 is 5.32 Å². The predicted octanol–water partition coefficient (Wildman–Crippen LogP) is 5.70. The SMILES string of the molecule is CC(=O)c1cnc(Nc2ccc(Cl)c(Cl)c2)c2c1C1CCC2C1. The fourth-order valence-corrected chi connectivity index (χ4v) is 4.29. The minimum Gasteiger partial charge on any atom is -0.340 e. The molecule has 1 saturated carbocycles. The van der Waals surface area contributed by atoms with E-state index in [0.717, 1.165) is 23.5 Å². The Morgan fingerprint density at radius 2 is 1.91 bits per heavy atom. The third-order valence-electron chi connectivity index (χ3n) is 4.97. The number of ketones is 1. The number of nitrogens with one attached hydrogen (secondary N) is 1. The van der Waals surface area contributed by atoms with E-state index < -0.39 is 0 Å². The first-order valence-electron chi connectivity index (χ1n) is 7.80. The number of fused-ring (bicyclic) bond motifs is 5. The van der Waals surface area contributed by atoms with Crippen LogP contribution in [0.4, 0.5) is 11.5 Å². The molecule has 118 valence electrons. The summed E-state index contributed by atoms with van der Waals surface area (Å²) in [6.07, 6.45) is 5.20. The van der Waals surface area contributed by atoms with Crippen molar-refractivity contribution in [1.29, 1.82) is 0 Å². The van der Waals surface area contributed by atoms with E-state index in [1.54, 1.807) is 25.3 Å². The number of Topliss-reactive ketones (excluding diaryl/α,β-unsaturated/α-hetero) is 1. The maximum Gasteiger partial charge on any atom is 0.161 e. The van der Waals surface area contributed by atoms with Gasteiger partial charge in [-0.15, -0.1) is 0 Å². The summed E-state index contributed by atoms with van der Waals surface area (Å²) in [4.78, 5) is 16.5. The maximum absolute atomic E-state index is 11.9. The van der Waals surface area contributed by atoms with E-state index in [1.807, 2.05) is 6.07 Å². The quantitative estimate of drug-likeness (QED) is 0.724. The number of carbonyl (C=O) groups is 1. The summed E-state index contributed by atoms with van der Waals surface area (Å²) in [5.41, 5.74) is 4.07. The summed E-state index contributed by atoms with van der Waals surface area (Å²) in [5.74, 6) is 1.95. The molecule has 1 fully saturated rings. The highest BCUT2D eigenvalue weighted by Gasteiger charge is 2.41. The van der Waals surface area contributed by atoms with Crippen LogP contribution in [-0.2, 0) is 0 Å². The lowest BCUT2D eigenvalue weighted by Crippen LogP contribution is -2.10. The first-order valence-corrected chi connectivity index (χ1v) is 8.56. The highest BCUT2D eigenvalue weighted by molar-refractivity contribution is 6.42. The van der Waals surface area contributed by atoms with Crippen molar-refractivity contribution in [3.8, 4) is 0 Å². The molecule has 0 saturated heterocycles. The van der Waals surface area contributed by atoms with E-state index >= 15 is 0 Å². The first-order chi connectivity index (χ1) is 11.0. The first kappa shape index (κ1) is 15.0. The van der Waals surface area contributed by atoms with Crippen molar-refractivity contribution in [2.75, 3.05) is 5.32 Å². The van der Waals surface area contributed by atoms with Crippen molar-refractivity contribution in [2.45, 2.75) is 38.0 Å². The van der Waals surface area contributed by atoms with Crippen LogP contribution in [0.25, 0.3) is 0 Å². The van der Waals surface area contributed by atoms with E-state index in [4.69, 9.17) is 23.2 Å². The highest BCUT2D eigenvalue weighted by Crippen LogP contribution is 2.56. The summed E-state index contributed by atoms with van der Waals surface area (Å²) in [7, 11) is 0. The van der Waals surface area contributed by atoms with Crippen molar-refractivity contribution in [1.82, 2.24) is 4.98 Å². The van der Waals surface area contributed by atoms with Gasteiger partial charge in [-0.3, -0.25) is 4.79 Å². The number of benzene rings is 1. The molecule has 4 rings (SSSR count). The number of pyridine rings is 1. The number of nitrogens with zero attached hydrogens (tertiary/aromatic N) is 1. The monoisotopic (exact) mass is 346 g/mol. The third kappa shape index (κ3) is 2.43. The molecule has 1 aromatic heterocycles. The van der Waals surface area contributed by atoms with Gasteiger partial charge in [0.1, 0.15) is 5.82 Å².